The lowest BCUT2D eigenvalue weighted by atomic mass is 9.93. The predicted octanol–water partition coefficient (Wildman–Crippen LogP) is 5.28. The van der Waals surface area contributed by atoms with Gasteiger partial charge in [-0.3, -0.25) is 10.1 Å². The number of benzene rings is 2. The summed E-state index contributed by atoms with van der Waals surface area (Å²) in [5, 5.41) is 5.40. The van der Waals surface area contributed by atoms with Crippen LogP contribution in [0, 0.1) is 0 Å². The summed E-state index contributed by atoms with van der Waals surface area (Å²) in [6.45, 7) is 6.70. The molecule has 28 heavy (non-hydrogen) atoms. The van der Waals surface area contributed by atoms with E-state index in [9.17, 15) is 4.79 Å². The topological polar surface area (TPSA) is 60.5 Å². The van der Waals surface area contributed by atoms with E-state index in [1.54, 1.807) is 25.3 Å². The third-order valence-corrected chi connectivity index (χ3v) is 4.91. The first-order valence-electron chi connectivity index (χ1n) is 8.99. The molecule has 0 saturated carbocycles. The third kappa shape index (κ3) is 4.89. The van der Waals surface area contributed by atoms with Crippen molar-refractivity contribution < 1.29 is 14.3 Å². The van der Waals surface area contributed by atoms with Crippen LogP contribution in [-0.2, 0) is 12.0 Å². The van der Waals surface area contributed by atoms with E-state index in [1.165, 1.54) is 11.3 Å². The second-order valence-electron chi connectivity index (χ2n) is 7.38. The van der Waals surface area contributed by atoms with Crippen LogP contribution in [0.5, 0.6) is 11.5 Å². The van der Waals surface area contributed by atoms with E-state index >= 15 is 0 Å². The van der Waals surface area contributed by atoms with E-state index in [4.69, 9.17) is 9.47 Å². The highest BCUT2D eigenvalue weighted by Gasteiger charge is 2.19. The summed E-state index contributed by atoms with van der Waals surface area (Å²) < 4.78 is 11.2. The van der Waals surface area contributed by atoms with Crippen LogP contribution in [0.2, 0.25) is 0 Å². The molecule has 0 atom stereocenters. The number of carbonyl (C=O) groups is 1. The zero-order valence-electron chi connectivity index (χ0n) is 16.5. The van der Waals surface area contributed by atoms with E-state index in [0.29, 0.717) is 28.8 Å². The van der Waals surface area contributed by atoms with Gasteiger partial charge in [0.15, 0.2) is 16.6 Å². The molecule has 3 rings (SSSR count). The van der Waals surface area contributed by atoms with Crippen LogP contribution in [0.25, 0.3) is 0 Å². The molecule has 0 saturated heterocycles. The molecule has 0 aliphatic carbocycles. The lowest BCUT2D eigenvalue weighted by Gasteiger charge is -2.14. The first-order valence-corrected chi connectivity index (χ1v) is 9.87. The van der Waals surface area contributed by atoms with Crippen LogP contribution in [-0.4, -0.2) is 18.0 Å². The number of thiazole rings is 1. The molecule has 2 aromatic carbocycles. The van der Waals surface area contributed by atoms with Gasteiger partial charge in [-0.05, 0) is 23.8 Å². The van der Waals surface area contributed by atoms with Crippen LogP contribution in [0.4, 0.5) is 5.13 Å². The number of anilines is 1. The summed E-state index contributed by atoms with van der Waals surface area (Å²) >= 11 is 1.42. The van der Waals surface area contributed by atoms with Crippen molar-refractivity contribution >= 4 is 22.4 Å². The Hall–Kier alpha value is -2.86. The molecule has 0 radical (unpaired) electrons. The van der Waals surface area contributed by atoms with Crippen molar-refractivity contribution in [2.24, 2.45) is 0 Å². The molecular weight excluding hydrogens is 372 g/mol. The van der Waals surface area contributed by atoms with Gasteiger partial charge >= 0.3 is 0 Å². The van der Waals surface area contributed by atoms with E-state index in [2.05, 4.69) is 31.1 Å². The molecule has 0 fully saturated rings. The minimum absolute atomic E-state index is 0.0551. The van der Waals surface area contributed by atoms with Crippen LogP contribution < -0.4 is 14.8 Å². The minimum atomic E-state index is -0.234. The first-order chi connectivity index (χ1) is 13.4. The van der Waals surface area contributed by atoms with Crippen LogP contribution in [0.15, 0.2) is 53.9 Å². The number of rotatable bonds is 6. The molecule has 0 aliphatic heterocycles. The molecule has 1 N–H and O–H groups in total. The molecule has 5 nitrogen and oxygen atoms in total. The molecule has 1 aromatic heterocycles. The number of amides is 1. The van der Waals surface area contributed by atoms with E-state index in [1.807, 2.05) is 35.7 Å². The molecule has 0 spiro atoms. The van der Waals surface area contributed by atoms with Gasteiger partial charge in [-0.15, -0.1) is 11.3 Å². The number of hydrogen-bond donors (Lipinski definition) is 1. The van der Waals surface area contributed by atoms with Gasteiger partial charge in [0.1, 0.15) is 6.61 Å². The number of carbonyl (C=O) groups excluding carboxylic acids is 1. The summed E-state index contributed by atoms with van der Waals surface area (Å²) in [7, 11) is 1.56. The van der Waals surface area contributed by atoms with Gasteiger partial charge in [0.25, 0.3) is 5.91 Å². The van der Waals surface area contributed by atoms with Crippen molar-refractivity contribution in [3.05, 3.63) is 70.7 Å². The van der Waals surface area contributed by atoms with Gasteiger partial charge < -0.3 is 9.47 Å². The van der Waals surface area contributed by atoms with Gasteiger partial charge in [0.05, 0.1) is 12.8 Å². The van der Waals surface area contributed by atoms with Crippen LogP contribution >= 0.6 is 11.3 Å². The normalized spacial score (nSPS) is 11.1. The molecule has 1 heterocycles. The van der Waals surface area contributed by atoms with E-state index in [-0.39, 0.29) is 11.3 Å². The number of ether oxygens (including phenoxy) is 2. The Labute approximate surface area is 169 Å². The highest BCUT2D eigenvalue weighted by Crippen LogP contribution is 2.30. The Balaban J connectivity index is 1.70. The van der Waals surface area contributed by atoms with Crippen molar-refractivity contribution in [2.75, 3.05) is 12.4 Å². The summed E-state index contributed by atoms with van der Waals surface area (Å²) in [5.41, 5.74) is 2.44. The number of hydrogen-bond acceptors (Lipinski definition) is 5. The van der Waals surface area contributed by atoms with Crippen LogP contribution in [0.1, 0.15) is 42.4 Å². The number of nitrogens with zero attached hydrogens (tertiary/aromatic N) is 1. The Bertz CT molecular complexity index is 946. The summed E-state index contributed by atoms with van der Waals surface area (Å²) in [5.74, 6) is 0.869. The minimum Gasteiger partial charge on any atom is -0.493 e. The van der Waals surface area contributed by atoms with Crippen molar-refractivity contribution in [1.29, 1.82) is 0 Å². The molecule has 0 unspecified atom stereocenters. The summed E-state index contributed by atoms with van der Waals surface area (Å²) in [6.07, 6.45) is 0. The standard InChI is InChI=1S/C22H24N2O3S/c1-22(2,3)19-14-28-21(23-19)24-20(25)16-10-11-17(18(12-16)26-4)27-13-15-8-6-5-7-9-15/h5-12,14H,13H2,1-4H3,(H,23,24,25). The van der Waals surface area contributed by atoms with Gasteiger partial charge in [-0.25, -0.2) is 4.98 Å². The van der Waals surface area contributed by atoms with Gasteiger partial charge in [-0.1, -0.05) is 51.1 Å². The Morgan fingerprint density at radius 1 is 1.11 bits per heavy atom. The van der Waals surface area contributed by atoms with E-state index < -0.39 is 0 Å². The highest BCUT2D eigenvalue weighted by atomic mass is 32.1. The number of aromatic nitrogens is 1. The van der Waals surface area contributed by atoms with Gasteiger partial charge in [-0.2, -0.15) is 0 Å². The monoisotopic (exact) mass is 396 g/mol. The lowest BCUT2D eigenvalue weighted by Crippen LogP contribution is -2.14. The third-order valence-electron chi connectivity index (χ3n) is 4.16. The lowest BCUT2D eigenvalue weighted by molar-refractivity contribution is 0.102. The predicted molar refractivity (Wildman–Crippen MR) is 113 cm³/mol. The average molecular weight is 397 g/mol. The number of nitrogens with one attached hydrogen (secondary N) is 1. The zero-order valence-corrected chi connectivity index (χ0v) is 17.3. The van der Waals surface area contributed by atoms with Gasteiger partial charge in [0.2, 0.25) is 0 Å². The second kappa shape index (κ2) is 8.44. The SMILES string of the molecule is COc1cc(C(=O)Nc2nc(C(C)(C)C)cs2)ccc1OCc1ccccc1. The van der Waals surface area contributed by atoms with Gasteiger partial charge in [0, 0.05) is 16.4 Å². The van der Waals surface area contributed by atoms with E-state index in [0.717, 1.165) is 11.3 Å². The van der Waals surface area contributed by atoms with Crippen molar-refractivity contribution in [2.45, 2.75) is 32.8 Å². The summed E-state index contributed by atoms with van der Waals surface area (Å²) in [4.78, 5) is 17.1. The average Bonchev–Trinajstić information content (AvgIpc) is 3.16. The smallest absolute Gasteiger partial charge is 0.257 e. The van der Waals surface area contributed by atoms with Crippen molar-refractivity contribution in [1.82, 2.24) is 4.98 Å². The maximum absolute atomic E-state index is 12.6. The molecule has 146 valence electrons. The first kappa shape index (κ1) is 19.9. The largest absolute Gasteiger partial charge is 0.493 e. The number of methoxy groups -OCH3 is 1. The Morgan fingerprint density at radius 3 is 2.50 bits per heavy atom. The highest BCUT2D eigenvalue weighted by molar-refractivity contribution is 7.14. The fourth-order valence-corrected chi connectivity index (χ4v) is 3.44. The maximum atomic E-state index is 12.6. The molecule has 1 amide bonds. The quantitative estimate of drug-likeness (QED) is 0.616. The molecular formula is C22H24N2O3S. The van der Waals surface area contributed by atoms with Crippen molar-refractivity contribution in [3.8, 4) is 11.5 Å². The summed E-state index contributed by atoms with van der Waals surface area (Å²) in [6, 6.07) is 15.0. The fraction of sp³-hybridized carbons (Fsp3) is 0.273. The molecule has 0 bridgehead atoms. The van der Waals surface area contributed by atoms with Crippen LogP contribution in [0.3, 0.4) is 0 Å². The molecule has 0 aliphatic rings. The molecule has 6 heteroatoms. The zero-order chi connectivity index (χ0) is 20.1. The Morgan fingerprint density at radius 2 is 1.86 bits per heavy atom. The van der Waals surface area contributed by atoms with Crippen molar-refractivity contribution in [3.63, 3.8) is 0 Å². The maximum Gasteiger partial charge on any atom is 0.257 e. The second-order valence-corrected chi connectivity index (χ2v) is 8.24. The molecule has 3 aromatic rings. The Kier molecular flexibility index (Phi) is 5.99. The fourth-order valence-electron chi connectivity index (χ4n) is 2.51.